The molecule has 31 heavy (non-hydrogen) atoms. The summed E-state index contributed by atoms with van der Waals surface area (Å²) in [7, 11) is 0.547. The monoisotopic (exact) mass is 459 g/mol. The molecule has 0 amide bonds. The maximum absolute atomic E-state index is 6.06. The second kappa shape index (κ2) is 22.1. The highest BCUT2D eigenvalue weighted by atomic mass is 31.2. The largest absolute Gasteiger partial charge is 0.332 e. The summed E-state index contributed by atoms with van der Waals surface area (Å²) in [4.78, 5) is 2.48. The fraction of sp³-hybridized carbons (Fsp3) is 1.00. The SMILES string of the molecule is CCCCCCCCCCCCCCCCCCOP(OC)OC1CCN(CC)CC1. The molecule has 1 saturated heterocycles. The van der Waals surface area contributed by atoms with Gasteiger partial charge < -0.3 is 18.5 Å². The Morgan fingerprint density at radius 3 is 1.55 bits per heavy atom. The van der Waals surface area contributed by atoms with Crippen LogP contribution in [0.15, 0.2) is 0 Å². The van der Waals surface area contributed by atoms with E-state index < -0.39 is 8.60 Å². The van der Waals surface area contributed by atoms with Crippen molar-refractivity contribution in [2.75, 3.05) is 33.4 Å². The first kappa shape index (κ1) is 29.3. The average molecular weight is 460 g/mol. The van der Waals surface area contributed by atoms with Crippen molar-refractivity contribution in [3.8, 4) is 0 Å². The van der Waals surface area contributed by atoms with E-state index in [9.17, 15) is 0 Å². The van der Waals surface area contributed by atoms with E-state index in [0.717, 1.165) is 45.5 Å². The van der Waals surface area contributed by atoms with Gasteiger partial charge in [-0.2, -0.15) is 0 Å². The summed E-state index contributed by atoms with van der Waals surface area (Å²) in [6, 6.07) is 0. The number of nitrogens with zero attached hydrogens (tertiary/aromatic N) is 1. The molecule has 186 valence electrons. The van der Waals surface area contributed by atoms with Crippen LogP contribution in [0, 0.1) is 0 Å². The van der Waals surface area contributed by atoms with Crippen LogP contribution < -0.4 is 0 Å². The summed E-state index contributed by atoms with van der Waals surface area (Å²) >= 11 is 0. The quantitative estimate of drug-likeness (QED) is 0.120. The van der Waals surface area contributed by atoms with Crippen LogP contribution in [0.2, 0.25) is 0 Å². The van der Waals surface area contributed by atoms with Crippen LogP contribution in [0.25, 0.3) is 0 Å². The summed E-state index contributed by atoms with van der Waals surface area (Å²) in [6.45, 7) is 8.69. The Hall–Kier alpha value is 0.270. The molecule has 0 radical (unpaired) electrons. The molecule has 0 aliphatic carbocycles. The molecule has 0 saturated carbocycles. The molecule has 1 unspecified atom stereocenters. The number of hydrogen-bond donors (Lipinski definition) is 0. The maximum Gasteiger partial charge on any atom is 0.332 e. The van der Waals surface area contributed by atoms with Gasteiger partial charge in [0.15, 0.2) is 0 Å². The zero-order valence-electron chi connectivity index (χ0n) is 21.3. The molecule has 0 bridgehead atoms. The molecule has 1 aliphatic rings. The van der Waals surface area contributed by atoms with E-state index in [4.69, 9.17) is 13.6 Å². The molecule has 1 atom stereocenters. The molecule has 0 spiro atoms. The van der Waals surface area contributed by atoms with Gasteiger partial charge in [0.25, 0.3) is 0 Å². The summed E-state index contributed by atoms with van der Waals surface area (Å²) < 4.78 is 17.4. The van der Waals surface area contributed by atoms with Gasteiger partial charge >= 0.3 is 8.60 Å². The fourth-order valence-electron chi connectivity index (χ4n) is 4.37. The maximum atomic E-state index is 6.06. The third-order valence-corrected chi connectivity index (χ3v) is 7.72. The molecular weight excluding hydrogens is 405 g/mol. The molecule has 0 N–H and O–H groups in total. The molecule has 1 rings (SSSR count). The molecule has 0 aromatic rings. The van der Waals surface area contributed by atoms with Crippen LogP contribution in [0.3, 0.4) is 0 Å². The Bertz CT molecular complexity index is 365. The average Bonchev–Trinajstić information content (AvgIpc) is 2.80. The number of piperidine rings is 1. The lowest BCUT2D eigenvalue weighted by Gasteiger charge is -2.31. The van der Waals surface area contributed by atoms with Crippen LogP contribution >= 0.6 is 8.60 Å². The Kier molecular flexibility index (Phi) is 20.9. The van der Waals surface area contributed by atoms with Gasteiger partial charge in [-0.3, -0.25) is 0 Å². The van der Waals surface area contributed by atoms with Crippen molar-refractivity contribution in [2.24, 2.45) is 0 Å². The van der Waals surface area contributed by atoms with Gasteiger partial charge in [-0.1, -0.05) is 110 Å². The fourth-order valence-corrected chi connectivity index (χ4v) is 5.35. The molecule has 1 heterocycles. The number of hydrogen-bond acceptors (Lipinski definition) is 4. The minimum absolute atomic E-state index is 0.305. The molecule has 4 nitrogen and oxygen atoms in total. The van der Waals surface area contributed by atoms with Crippen molar-refractivity contribution < 1.29 is 13.6 Å². The highest BCUT2D eigenvalue weighted by molar-refractivity contribution is 7.41. The first-order valence-corrected chi connectivity index (χ1v) is 14.8. The summed E-state index contributed by atoms with van der Waals surface area (Å²) in [6.07, 6.45) is 24.8. The second-order valence-corrected chi connectivity index (χ2v) is 10.6. The van der Waals surface area contributed by atoms with E-state index >= 15 is 0 Å². The van der Waals surface area contributed by atoms with E-state index in [-0.39, 0.29) is 0 Å². The van der Waals surface area contributed by atoms with E-state index in [1.807, 2.05) is 0 Å². The zero-order chi connectivity index (χ0) is 22.4. The van der Waals surface area contributed by atoms with Gasteiger partial charge in [0, 0.05) is 20.2 Å². The minimum atomic E-state index is -1.16. The molecule has 5 heteroatoms. The molecule has 0 aromatic heterocycles. The van der Waals surface area contributed by atoms with Crippen LogP contribution in [0.4, 0.5) is 0 Å². The second-order valence-electron chi connectivity index (χ2n) is 9.28. The lowest BCUT2D eigenvalue weighted by atomic mass is 10.0. The third kappa shape index (κ3) is 17.4. The summed E-state index contributed by atoms with van der Waals surface area (Å²) in [5.41, 5.74) is 0. The van der Waals surface area contributed by atoms with Gasteiger partial charge in [-0.25, -0.2) is 0 Å². The lowest BCUT2D eigenvalue weighted by molar-refractivity contribution is 0.0752. The van der Waals surface area contributed by atoms with E-state index in [2.05, 4.69) is 18.7 Å². The third-order valence-electron chi connectivity index (χ3n) is 6.56. The van der Waals surface area contributed by atoms with Crippen LogP contribution in [-0.2, 0) is 13.6 Å². The zero-order valence-corrected chi connectivity index (χ0v) is 22.1. The molecular formula is C26H54NO3P. The van der Waals surface area contributed by atoms with Gasteiger partial charge in [-0.05, 0) is 25.8 Å². The molecule has 1 fully saturated rings. The standard InChI is InChI=1S/C26H54NO3P/c1-4-6-7-8-9-10-11-12-13-14-15-16-17-18-19-20-25-29-31(28-3)30-26-21-23-27(5-2)24-22-26/h26H,4-25H2,1-3H3. The van der Waals surface area contributed by atoms with Crippen molar-refractivity contribution in [1.29, 1.82) is 0 Å². The lowest BCUT2D eigenvalue weighted by Crippen LogP contribution is -2.36. The normalized spacial score (nSPS) is 16.7. The Morgan fingerprint density at radius 2 is 1.13 bits per heavy atom. The van der Waals surface area contributed by atoms with Crippen molar-refractivity contribution in [1.82, 2.24) is 4.90 Å². The molecule has 1 aliphatic heterocycles. The topological polar surface area (TPSA) is 30.9 Å². The number of likely N-dealkylation sites (tertiary alicyclic amines) is 1. The highest BCUT2D eigenvalue weighted by Gasteiger charge is 2.23. The summed E-state index contributed by atoms with van der Waals surface area (Å²) in [5, 5.41) is 0. The van der Waals surface area contributed by atoms with Gasteiger partial charge in [0.1, 0.15) is 0 Å². The van der Waals surface area contributed by atoms with Crippen LogP contribution in [-0.4, -0.2) is 44.4 Å². The van der Waals surface area contributed by atoms with Crippen molar-refractivity contribution >= 4 is 8.60 Å². The van der Waals surface area contributed by atoms with Crippen molar-refractivity contribution in [3.05, 3.63) is 0 Å². The predicted octanol–water partition coefficient (Wildman–Crippen LogP) is 8.64. The summed E-state index contributed by atoms with van der Waals surface area (Å²) in [5.74, 6) is 0. The van der Waals surface area contributed by atoms with Crippen molar-refractivity contribution in [3.63, 3.8) is 0 Å². The predicted molar refractivity (Wildman–Crippen MR) is 136 cm³/mol. The Morgan fingerprint density at radius 1 is 0.677 bits per heavy atom. The van der Waals surface area contributed by atoms with Crippen LogP contribution in [0.1, 0.15) is 129 Å². The van der Waals surface area contributed by atoms with Gasteiger partial charge in [0.05, 0.1) is 12.7 Å². The Labute approximate surface area is 196 Å². The first-order valence-electron chi connectivity index (χ1n) is 13.7. The minimum Gasteiger partial charge on any atom is -0.316 e. The number of unbranched alkanes of at least 4 members (excludes halogenated alkanes) is 15. The van der Waals surface area contributed by atoms with E-state index in [0.29, 0.717) is 6.10 Å². The van der Waals surface area contributed by atoms with Gasteiger partial charge in [0.2, 0.25) is 0 Å². The van der Waals surface area contributed by atoms with E-state index in [1.54, 1.807) is 7.11 Å². The smallest absolute Gasteiger partial charge is 0.316 e. The Balaban J connectivity index is 1.80. The van der Waals surface area contributed by atoms with E-state index in [1.165, 1.54) is 96.3 Å². The highest BCUT2D eigenvalue weighted by Crippen LogP contribution is 2.42. The molecule has 0 aromatic carbocycles. The first-order chi connectivity index (χ1) is 15.3. The number of rotatable bonds is 22. The van der Waals surface area contributed by atoms with Crippen LogP contribution in [0.5, 0.6) is 0 Å². The van der Waals surface area contributed by atoms with Crippen molar-refractivity contribution in [2.45, 2.75) is 136 Å². The van der Waals surface area contributed by atoms with Gasteiger partial charge in [-0.15, -0.1) is 0 Å².